The van der Waals surface area contributed by atoms with Gasteiger partial charge in [0.25, 0.3) is 0 Å². The van der Waals surface area contributed by atoms with E-state index in [1.54, 1.807) is 0 Å². The van der Waals surface area contributed by atoms with Crippen molar-refractivity contribution in [1.29, 1.82) is 0 Å². The maximum Gasteiger partial charge on any atom is 0.248 e. The second-order valence-electron chi connectivity index (χ2n) is 8.18. The first-order chi connectivity index (χ1) is 12.2. The van der Waals surface area contributed by atoms with Gasteiger partial charge in [0, 0.05) is 32.0 Å². The highest BCUT2D eigenvalue weighted by Gasteiger charge is 2.46. The van der Waals surface area contributed by atoms with Crippen molar-refractivity contribution in [3.8, 4) is 0 Å². The van der Waals surface area contributed by atoms with Crippen LogP contribution in [0.3, 0.4) is 0 Å². The summed E-state index contributed by atoms with van der Waals surface area (Å²) < 4.78 is 5.54. The lowest BCUT2D eigenvalue weighted by atomic mass is 9.72. The summed E-state index contributed by atoms with van der Waals surface area (Å²) in [6.07, 6.45) is 8.81. The minimum Gasteiger partial charge on any atom is -0.381 e. The number of carbonyl (C=O) groups is 1. The lowest BCUT2D eigenvalue weighted by Gasteiger charge is -2.46. The van der Waals surface area contributed by atoms with Crippen LogP contribution in [0.2, 0.25) is 0 Å². The van der Waals surface area contributed by atoms with Crippen LogP contribution in [0.15, 0.2) is 30.3 Å². The fraction of sp³-hybridized carbons (Fsp3) is 0.667. The molecular formula is C21H30N2O2. The van der Waals surface area contributed by atoms with Crippen LogP contribution in [0.25, 0.3) is 0 Å². The minimum atomic E-state index is -0.387. The van der Waals surface area contributed by atoms with Crippen LogP contribution in [0.4, 0.5) is 5.69 Å². The lowest BCUT2D eigenvalue weighted by Crippen LogP contribution is -2.55. The van der Waals surface area contributed by atoms with Gasteiger partial charge >= 0.3 is 0 Å². The molecule has 1 aromatic carbocycles. The Hall–Kier alpha value is -1.55. The molecule has 25 heavy (non-hydrogen) atoms. The normalized spacial score (nSPS) is 25.0. The van der Waals surface area contributed by atoms with Gasteiger partial charge in [-0.3, -0.25) is 4.79 Å². The standard InChI is InChI=1S/C21H30N2O2/c24-19(23-14-10-20(11-15-23)12-16-25-17-13-20)21(8-4-5-9-21)22-18-6-2-1-3-7-18/h1-3,6-7,22H,4-5,8-17H2. The molecule has 0 unspecified atom stereocenters. The highest BCUT2D eigenvalue weighted by Crippen LogP contribution is 2.42. The lowest BCUT2D eigenvalue weighted by molar-refractivity contribution is -0.139. The molecule has 0 aromatic heterocycles. The van der Waals surface area contributed by atoms with Crippen molar-refractivity contribution in [2.45, 2.75) is 56.9 Å². The van der Waals surface area contributed by atoms with Gasteiger partial charge < -0.3 is 15.0 Å². The molecule has 2 aliphatic heterocycles. The van der Waals surface area contributed by atoms with Gasteiger partial charge in [-0.05, 0) is 56.1 Å². The summed E-state index contributed by atoms with van der Waals surface area (Å²) in [7, 11) is 0. The molecule has 1 spiro atoms. The first kappa shape index (κ1) is 16.9. The SMILES string of the molecule is O=C(N1CCC2(CCOCC2)CC1)C1(Nc2ccccc2)CCCC1. The maximum atomic E-state index is 13.4. The Morgan fingerprint density at radius 3 is 2.20 bits per heavy atom. The van der Waals surface area contributed by atoms with Gasteiger partial charge in [0.2, 0.25) is 5.91 Å². The van der Waals surface area contributed by atoms with Gasteiger partial charge in [-0.15, -0.1) is 0 Å². The van der Waals surface area contributed by atoms with Gasteiger partial charge in [-0.1, -0.05) is 31.0 Å². The maximum absolute atomic E-state index is 13.4. The molecular weight excluding hydrogens is 312 g/mol. The molecule has 3 aliphatic rings. The summed E-state index contributed by atoms with van der Waals surface area (Å²) >= 11 is 0. The van der Waals surface area contributed by atoms with Crippen LogP contribution in [0.5, 0.6) is 0 Å². The third-order valence-electron chi connectivity index (χ3n) is 6.69. The number of nitrogens with one attached hydrogen (secondary N) is 1. The number of anilines is 1. The molecule has 3 fully saturated rings. The van der Waals surface area contributed by atoms with Crippen LogP contribution < -0.4 is 5.32 Å². The van der Waals surface area contributed by atoms with Crippen LogP contribution in [-0.2, 0) is 9.53 Å². The molecule has 0 bridgehead atoms. The Balaban J connectivity index is 1.45. The van der Waals surface area contributed by atoms with Crippen molar-refractivity contribution >= 4 is 11.6 Å². The second kappa shape index (κ2) is 6.99. The topological polar surface area (TPSA) is 41.6 Å². The Morgan fingerprint density at radius 2 is 1.56 bits per heavy atom. The molecule has 1 aliphatic carbocycles. The molecule has 4 heteroatoms. The summed E-state index contributed by atoms with van der Waals surface area (Å²) in [5, 5.41) is 3.61. The predicted octanol–water partition coefficient (Wildman–Crippen LogP) is 3.83. The Kier molecular flexibility index (Phi) is 4.72. The van der Waals surface area contributed by atoms with E-state index < -0.39 is 0 Å². The van der Waals surface area contributed by atoms with Crippen molar-refractivity contribution in [2.75, 3.05) is 31.6 Å². The average molecular weight is 342 g/mol. The van der Waals surface area contributed by atoms with Gasteiger partial charge in [0.05, 0.1) is 0 Å². The highest BCUT2D eigenvalue weighted by molar-refractivity contribution is 5.90. The third kappa shape index (κ3) is 3.41. The number of likely N-dealkylation sites (tertiary alicyclic amines) is 1. The fourth-order valence-electron chi connectivity index (χ4n) is 4.96. The van der Waals surface area contributed by atoms with Gasteiger partial charge in [0.15, 0.2) is 0 Å². The molecule has 1 aromatic rings. The van der Waals surface area contributed by atoms with E-state index in [1.165, 1.54) is 12.8 Å². The predicted molar refractivity (Wildman–Crippen MR) is 99.6 cm³/mol. The van der Waals surface area contributed by atoms with E-state index in [0.29, 0.717) is 11.3 Å². The van der Waals surface area contributed by atoms with E-state index in [0.717, 1.165) is 70.5 Å². The Morgan fingerprint density at radius 1 is 0.920 bits per heavy atom. The molecule has 1 amide bonds. The van der Waals surface area contributed by atoms with Crippen molar-refractivity contribution < 1.29 is 9.53 Å². The number of nitrogens with zero attached hydrogens (tertiary/aromatic N) is 1. The van der Waals surface area contributed by atoms with Gasteiger partial charge in [-0.25, -0.2) is 0 Å². The number of benzene rings is 1. The first-order valence-corrected chi connectivity index (χ1v) is 9.92. The van der Waals surface area contributed by atoms with E-state index in [1.807, 2.05) is 18.2 Å². The summed E-state index contributed by atoms with van der Waals surface area (Å²) in [4.78, 5) is 15.6. The second-order valence-corrected chi connectivity index (χ2v) is 8.18. The van der Waals surface area contributed by atoms with Crippen molar-refractivity contribution in [3.05, 3.63) is 30.3 Å². The number of ether oxygens (including phenoxy) is 1. The van der Waals surface area contributed by atoms with E-state index in [-0.39, 0.29) is 5.54 Å². The fourth-order valence-corrected chi connectivity index (χ4v) is 4.96. The number of para-hydroxylation sites is 1. The average Bonchev–Trinajstić information content (AvgIpc) is 3.13. The quantitative estimate of drug-likeness (QED) is 0.908. The van der Waals surface area contributed by atoms with Crippen LogP contribution in [-0.4, -0.2) is 42.6 Å². The zero-order chi connectivity index (χ0) is 17.2. The molecule has 4 rings (SSSR count). The van der Waals surface area contributed by atoms with E-state index in [9.17, 15) is 4.79 Å². The number of rotatable bonds is 3. The smallest absolute Gasteiger partial charge is 0.248 e. The van der Waals surface area contributed by atoms with Crippen LogP contribution in [0, 0.1) is 5.41 Å². The number of piperidine rings is 1. The zero-order valence-electron chi connectivity index (χ0n) is 15.1. The molecule has 0 radical (unpaired) electrons. The van der Waals surface area contributed by atoms with Crippen LogP contribution >= 0.6 is 0 Å². The zero-order valence-corrected chi connectivity index (χ0v) is 15.1. The number of carbonyl (C=O) groups excluding carboxylic acids is 1. The molecule has 0 atom stereocenters. The summed E-state index contributed by atoms with van der Waals surface area (Å²) in [6.45, 7) is 3.62. The third-order valence-corrected chi connectivity index (χ3v) is 6.69. The Labute approximate surface area is 150 Å². The van der Waals surface area contributed by atoms with Gasteiger partial charge in [0.1, 0.15) is 5.54 Å². The molecule has 2 heterocycles. The monoisotopic (exact) mass is 342 g/mol. The summed E-state index contributed by atoms with van der Waals surface area (Å²) in [5.41, 5.74) is 1.11. The van der Waals surface area contributed by atoms with E-state index >= 15 is 0 Å². The summed E-state index contributed by atoms with van der Waals surface area (Å²) in [6, 6.07) is 10.2. The van der Waals surface area contributed by atoms with Crippen molar-refractivity contribution in [3.63, 3.8) is 0 Å². The van der Waals surface area contributed by atoms with E-state index in [4.69, 9.17) is 4.74 Å². The number of amides is 1. The Bertz CT molecular complexity index is 579. The largest absolute Gasteiger partial charge is 0.381 e. The van der Waals surface area contributed by atoms with Crippen molar-refractivity contribution in [1.82, 2.24) is 4.90 Å². The minimum absolute atomic E-state index is 0.329. The molecule has 136 valence electrons. The summed E-state index contributed by atoms with van der Waals surface area (Å²) in [5.74, 6) is 0.329. The van der Waals surface area contributed by atoms with Crippen LogP contribution in [0.1, 0.15) is 51.4 Å². The number of hydrogen-bond acceptors (Lipinski definition) is 3. The number of hydrogen-bond donors (Lipinski definition) is 1. The van der Waals surface area contributed by atoms with Gasteiger partial charge in [-0.2, -0.15) is 0 Å². The first-order valence-electron chi connectivity index (χ1n) is 9.92. The molecule has 1 N–H and O–H groups in total. The highest BCUT2D eigenvalue weighted by atomic mass is 16.5. The van der Waals surface area contributed by atoms with Crippen molar-refractivity contribution in [2.24, 2.45) is 5.41 Å². The molecule has 4 nitrogen and oxygen atoms in total. The van der Waals surface area contributed by atoms with E-state index in [2.05, 4.69) is 22.3 Å². The molecule has 1 saturated carbocycles. The molecule has 2 saturated heterocycles.